The smallest absolute Gasteiger partial charge is 0.210 e. The lowest BCUT2D eigenvalue weighted by atomic mass is 10.1. The highest BCUT2D eigenvalue weighted by molar-refractivity contribution is 5.49. The summed E-state index contributed by atoms with van der Waals surface area (Å²) in [5, 5.41) is 0. The predicted molar refractivity (Wildman–Crippen MR) is 99.3 cm³/mol. The third-order valence-electron chi connectivity index (χ3n) is 4.12. The van der Waals surface area contributed by atoms with Crippen molar-refractivity contribution in [2.75, 3.05) is 35.0 Å². The van der Waals surface area contributed by atoms with Gasteiger partial charge in [-0.3, -0.25) is 4.79 Å². The van der Waals surface area contributed by atoms with Crippen LogP contribution in [0.15, 0.2) is 36.4 Å². The molecule has 0 radical (unpaired) electrons. The molecule has 6 nitrogen and oxygen atoms in total. The lowest BCUT2D eigenvalue weighted by Crippen LogP contribution is -2.24. The Kier molecular flexibility index (Phi) is 7.14. The molecule has 0 aliphatic heterocycles. The van der Waals surface area contributed by atoms with Crippen molar-refractivity contribution < 1.29 is 23.7 Å². The molecule has 6 heteroatoms. The van der Waals surface area contributed by atoms with Crippen LogP contribution in [-0.2, 0) is 17.8 Å². The molecule has 26 heavy (non-hydrogen) atoms. The minimum Gasteiger partial charge on any atom is -0.493 e. The number of ether oxygens (including phenoxy) is 4. The van der Waals surface area contributed by atoms with Gasteiger partial charge in [-0.05, 0) is 41.8 Å². The zero-order valence-electron chi connectivity index (χ0n) is 15.7. The van der Waals surface area contributed by atoms with Gasteiger partial charge in [-0.15, -0.1) is 0 Å². The van der Waals surface area contributed by atoms with E-state index < -0.39 is 0 Å². The fraction of sp³-hybridized carbons (Fsp3) is 0.350. The van der Waals surface area contributed by atoms with Crippen molar-refractivity contribution in [3.05, 3.63) is 47.5 Å². The SMILES string of the molecule is COc1ccc(CCN(C=O)Cc2ccc(OC)c(OC)c2)cc1OC. The minimum absolute atomic E-state index is 0.497. The molecule has 0 bridgehead atoms. The molecule has 0 fully saturated rings. The molecule has 0 unspecified atom stereocenters. The first-order chi connectivity index (χ1) is 12.6. The molecule has 140 valence electrons. The van der Waals surface area contributed by atoms with E-state index in [0.717, 1.165) is 17.5 Å². The lowest BCUT2D eigenvalue weighted by molar-refractivity contribution is -0.118. The highest BCUT2D eigenvalue weighted by Gasteiger charge is 2.10. The first-order valence-electron chi connectivity index (χ1n) is 8.26. The number of hydrogen-bond donors (Lipinski definition) is 0. The first-order valence-corrected chi connectivity index (χ1v) is 8.26. The molecule has 2 aromatic carbocycles. The minimum atomic E-state index is 0.497. The molecule has 0 saturated carbocycles. The van der Waals surface area contributed by atoms with Gasteiger partial charge in [-0.1, -0.05) is 12.1 Å². The maximum Gasteiger partial charge on any atom is 0.210 e. The number of amides is 1. The zero-order chi connectivity index (χ0) is 18.9. The van der Waals surface area contributed by atoms with E-state index in [1.807, 2.05) is 36.4 Å². The van der Waals surface area contributed by atoms with Crippen LogP contribution in [0.3, 0.4) is 0 Å². The zero-order valence-corrected chi connectivity index (χ0v) is 15.7. The van der Waals surface area contributed by atoms with Gasteiger partial charge in [0.05, 0.1) is 28.4 Å². The van der Waals surface area contributed by atoms with E-state index in [1.165, 1.54) is 0 Å². The maximum atomic E-state index is 11.5. The molecular formula is C20H25NO5. The highest BCUT2D eigenvalue weighted by Crippen LogP contribution is 2.29. The first kappa shape index (κ1) is 19.4. The standard InChI is InChI=1S/C20H25NO5/c1-23-17-7-5-15(11-19(17)25-3)9-10-21(14-22)13-16-6-8-18(24-2)20(12-16)26-4/h5-8,11-12,14H,9-10,13H2,1-4H3. The lowest BCUT2D eigenvalue weighted by Gasteiger charge is -2.19. The van der Waals surface area contributed by atoms with Crippen LogP contribution in [-0.4, -0.2) is 46.3 Å². The van der Waals surface area contributed by atoms with Gasteiger partial charge in [0.1, 0.15) is 0 Å². The van der Waals surface area contributed by atoms with Crippen LogP contribution < -0.4 is 18.9 Å². The van der Waals surface area contributed by atoms with Gasteiger partial charge < -0.3 is 23.8 Å². The number of carbonyl (C=O) groups is 1. The topological polar surface area (TPSA) is 57.2 Å². The Morgan fingerprint density at radius 2 is 1.27 bits per heavy atom. The van der Waals surface area contributed by atoms with Crippen LogP contribution in [0.4, 0.5) is 0 Å². The summed E-state index contributed by atoms with van der Waals surface area (Å²) in [5.74, 6) is 2.69. The van der Waals surface area contributed by atoms with Crippen molar-refractivity contribution in [1.29, 1.82) is 0 Å². The molecule has 1 amide bonds. The number of hydrogen-bond acceptors (Lipinski definition) is 5. The summed E-state index contributed by atoms with van der Waals surface area (Å²) in [6, 6.07) is 11.4. The van der Waals surface area contributed by atoms with Crippen molar-refractivity contribution in [3.8, 4) is 23.0 Å². The molecule has 0 saturated heterocycles. The van der Waals surface area contributed by atoms with E-state index in [-0.39, 0.29) is 0 Å². The van der Waals surface area contributed by atoms with E-state index >= 15 is 0 Å². The fourth-order valence-electron chi connectivity index (χ4n) is 2.69. The maximum absolute atomic E-state index is 11.5. The van der Waals surface area contributed by atoms with Crippen LogP contribution in [0.25, 0.3) is 0 Å². The summed E-state index contributed by atoms with van der Waals surface area (Å²) in [4.78, 5) is 13.2. The summed E-state index contributed by atoms with van der Waals surface area (Å²) < 4.78 is 21.1. The van der Waals surface area contributed by atoms with Crippen molar-refractivity contribution in [2.45, 2.75) is 13.0 Å². The summed E-state index contributed by atoms with van der Waals surface area (Å²) >= 11 is 0. The molecular weight excluding hydrogens is 334 g/mol. The third-order valence-corrected chi connectivity index (χ3v) is 4.12. The third kappa shape index (κ3) is 4.81. The summed E-state index contributed by atoms with van der Waals surface area (Å²) in [5.41, 5.74) is 2.05. The molecule has 0 aliphatic rings. The van der Waals surface area contributed by atoms with Crippen LogP contribution >= 0.6 is 0 Å². The van der Waals surface area contributed by atoms with Gasteiger partial charge in [0, 0.05) is 13.1 Å². The van der Waals surface area contributed by atoms with Gasteiger partial charge in [0.25, 0.3) is 0 Å². The number of methoxy groups -OCH3 is 4. The average molecular weight is 359 g/mol. The van der Waals surface area contributed by atoms with Crippen LogP contribution in [0, 0.1) is 0 Å². The fourth-order valence-corrected chi connectivity index (χ4v) is 2.69. The Morgan fingerprint density at radius 3 is 1.77 bits per heavy atom. The summed E-state index contributed by atoms with van der Waals surface area (Å²) in [6.07, 6.45) is 1.57. The number of rotatable bonds is 10. The van der Waals surface area contributed by atoms with Crippen molar-refractivity contribution in [1.82, 2.24) is 4.90 Å². The van der Waals surface area contributed by atoms with E-state index in [4.69, 9.17) is 18.9 Å². The Labute approximate surface area is 154 Å². The van der Waals surface area contributed by atoms with Crippen molar-refractivity contribution in [2.24, 2.45) is 0 Å². The number of nitrogens with zero attached hydrogens (tertiary/aromatic N) is 1. The molecule has 0 spiro atoms. The Morgan fingerprint density at radius 1 is 0.769 bits per heavy atom. The molecule has 0 heterocycles. The largest absolute Gasteiger partial charge is 0.493 e. The normalized spacial score (nSPS) is 10.2. The summed E-state index contributed by atoms with van der Waals surface area (Å²) in [7, 11) is 6.40. The van der Waals surface area contributed by atoms with Crippen molar-refractivity contribution >= 4 is 6.41 Å². The second kappa shape index (κ2) is 9.56. The monoisotopic (exact) mass is 359 g/mol. The van der Waals surface area contributed by atoms with Crippen LogP contribution in [0.5, 0.6) is 23.0 Å². The van der Waals surface area contributed by atoms with Crippen LogP contribution in [0.1, 0.15) is 11.1 Å². The number of benzene rings is 2. The molecule has 2 aromatic rings. The Balaban J connectivity index is 2.03. The highest BCUT2D eigenvalue weighted by atomic mass is 16.5. The van der Waals surface area contributed by atoms with Gasteiger partial charge in [0.2, 0.25) is 6.41 Å². The van der Waals surface area contributed by atoms with E-state index in [2.05, 4.69) is 0 Å². The molecule has 0 aromatic heterocycles. The molecule has 0 N–H and O–H groups in total. The Bertz CT molecular complexity index is 732. The van der Waals surface area contributed by atoms with E-state index in [9.17, 15) is 4.79 Å². The van der Waals surface area contributed by atoms with Gasteiger partial charge in [-0.25, -0.2) is 0 Å². The van der Waals surface area contributed by atoms with Gasteiger partial charge in [-0.2, -0.15) is 0 Å². The summed E-state index contributed by atoms with van der Waals surface area (Å²) in [6.45, 7) is 1.09. The van der Waals surface area contributed by atoms with Crippen LogP contribution in [0.2, 0.25) is 0 Å². The molecule has 0 atom stereocenters. The predicted octanol–water partition coefficient (Wildman–Crippen LogP) is 2.92. The van der Waals surface area contributed by atoms with E-state index in [1.54, 1.807) is 33.3 Å². The van der Waals surface area contributed by atoms with E-state index in [0.29, 0.717) is 42.5 Å². The second-order valence-corrected chi connectivity index (χ2v) is 5.70. The quantitative estimate of drug-likeness (QED) is 0.611. The Hall–Kier alpha value is -2.89. The average Bonchev–Trinajstić information content (AvgIpc) is 2.70. The molecule has 0 aliphatic carbocycles. The second-order valence-electron chi connectivity index (χ2n) is 5.70. The van der Waals surface area contributed by atoms with Crippen molar-refractivity contribution in [3.63, 3.8) is 0 Å². The number of carbonyl (C=O) groups excluding carboxylic acids is 1. The van der Waals surface area contributed by atoms with Gasteiger partial charge >= 0.3 is 0 Å². The van der Waals surface area contributed by atoms with Gasteiger partial charge in [0.15, 0.2) is 23.0 Å². The molecule has 2 rings (SSSR count).